The van der Waals surface area contributed by atoms with E-state index in [9.17, 15) is 4.79 Å². The fourth-order valence-electron chi connectivity index (χ4n) is 2.38. The summed E-state index contributed by atoms with van der Waals surface area (Å²) in [6, 6.07) is 9.81. The predicted molar refractivity (Wildman–Crippen MR) is 76.8 cm³/mol. The monoisotopic (exact) mass is 316 g/mol. The number of rotatable bonds is 1. The number of benzene rings is 1. The second-order valence-corrected chi connectivity index (χ2v) is 5.54. The van der Waals surface area contributed by atoms with E-state index in [1.54, 1.807) is 24.5 Å². The number of carbonyl (C=O) groups excluding carboxylic acids is 1. The molecule has 1 aromatic carbocycles. The summed E-state index contributed by atoms with van der Waals surface area (Å²) in [5.74, 6) is 0.0769. The van der Waals surface area contributed by atoms with Crippen molar-refractivity contribution in [2.24, 2.45) is 0 Å². The van der Waals surface area contributed by atoms with Gasteiger partial charge in [0.15, 0.2) is 0 Å². The Morgan fingerprint density at radius 1 is 1.16 bits per heavy atom. The quantitative estimate of drug-likeness (QED) is 0.810. The Hall–Kier alpha value is -1.68. The largest absolute Gasteiger partial charge is 0.334 e. The second kappa shape index (κ2) is 5.13. The van der Waals surface area contributed by atoms with Crippen LogP contribution in [0.5, 0.6) is 0 Å². The van der Waals surface area contributed by atoms with Crippen LogP contribution in [0.2, 0.25) is 0 Å². The van der Waals surface area contributed by atoms with Crippen LogP contribution in [-0.2, 0) is 13.0 Å². The molecule has 1 aliphatic heterocycles. The van der Waals surface area contributed by atoms with Crippen molar-refractivity contribution in [2.75, 3.05) is 6.54 Å². The van der Waals surface area contributed by atoms with Gasteiger partial charge in [0.2, 0.25) is 0 Å². The SMILES string of the molecule is O=C(c1ccncc1)N1CCc2ccc(Br)cc2C1. The maximum atomic E-state index is 12.4. The molecule has 0 saturated heterocycles. The summed E-state index contributed by atoms with van der Waals surface area (Å²) in [4.78, 5) is 18.2. The first-order valence-electron chi connectivity index (χ1n) is 6.20. The highest BCUT2D eigenvalue weighted by Gasteiger charge is 2.21. The Kier molecular flexibility index (Phi) is 3.34. The van der Waals surface area contributed by atoms with Gasteiger partial charge < -0.3 is 4.90 Å². The average molecular weight is 317 g/mol. The van der Waals surface area contributed by atoms with Crippen LogP contribution in [0.4, 0.5) is 0 Å². The highest BCUT2D eigenvalue weighted by Crippen LogP contribution is 2.23. The van der Waals surface area contributed by atoms with Gasteiger partial charge in [-0.1, -0.05) is 22.0 Å². The van der Waals surface area contributed by atoms with Crippen LogP contribution in [0.1, 0.15) is 21.5 Å². The summed E-state index contributed by atoms with van der Waals surface area (Å²) in [7, 11) is 0. The molecule has 0 N–H and O–H groups in total. The first-order valence-corrected chi connectivity index (χ1v) is 7.00. The molecule has 3 nitrogen and oxygen atoms in total. The van der Waals surface area contributed by atoms with Gasteiger partial charge in [-0.15, -0.1) is 0 Å². The van der Waals surface area contributed by atoms with E-state index in [2.05, 4.69) is 39.1 Å². The Morgan fingerprint density at radius 3 is 2.74 bits per heavy atom. The third kappa shape index (κ3) is 2.54. The minimum atomic E-state index is 0.0769. The van der Waals surface area contributed by atoms with E-state index in [1.165, 1.54) is 11.1 Å². The summed E-state index contributed by atoms with van der Waals surface area (Å²) in [5, 5.41) is 0. The Morgan fingerprint density at radius 2 is 1.95 bits per heavy atom. The molecule has 1 aliphatic rings. The van der Waals surface area contributed by atoms with Gasteiger partial charge in [0.25, 0.3) is 5.91 Å². The second-order valence-electron chi connectivity index (χ2n) is 4.63. The van der Waals surface area contributed by atoms with Crippen LogP contribution in [0, 0.1) is 0 Å². The zero-order valence-corrected chi connectivity index (χ0v) is 11.9. The molecule has 0 aliphatic carbocycles. The van der Waals surface area contributed by atoms with E-state index in [4.69, 9.17) is 0 Å². The van der Waals surface area contributed by atoms with Crippen molar-refractivity contribution in [2.45, 2.75) is 13.0 Å². The molecule has 0 saturated carbocycles. The van der Waals surface area contributed by atoms with Gasteiger partial charge in [-0.25, -0.2) is 0 Å². The van der Waals surface area contributed by atoms with Crippen LogP contribution in [0.25, 0.3) is 0 Å². The molecule has 0 unspecified atom stereocenters. The Labute approximate surface area is 120 Å². The van der Waals surface area contributed by atoms with Crippen LogP contribution in [0.15, 0.2) is 47.2 Å². The van der Waals surface area contributed by atoms with E-state index in [0.717, 1.165) is 17.4 Å². The summed E-state index contributed by atoms with van der Waals surface area (Å²) in [6.07, 6.45) is 4.23. The summed E-state index contributed by atoms with van der Waals surface area (Å²) >= 11 is 3.48. The van der Waals surface area contributed by atoms with Gasteiger partial charge in [-0.2, -0.15) is 0 Å². The molecular formula is C15H13BrN2O. The number of hydrogen-bond donors (Lipinski definition) is 0. The Bertz CT molecular complexity index is 613. The maximum absolute atomic E-state index is 12.4. The molecule has 0 spiro atoms. The van der Waals surface area contributed by atoms with E-state index in [1.807, 2.05) is 4.90 Å². The van der Waals surface area contributed by atoms with Crippen LogP contribution in [-0.4, -0.2) is 22.3 Å². The Balaban J connectivity index is 1.84. The number of nitrogens with zero attached hydrogens (tertiary/aromatic N) is 2. The molecular weight excluding hydrogens is 304 g/mol. The van der Waals surface area contributed by atoms with Crippen molar-refractivity contribution in [1.29, 1.82) is 0 Å². The normalized spacial score (nSPS) is 14.1. The molecule has 1 amide bonds. The fourth-order valence-corrected chi connectivity index (χ4v) is 2.78. The predicted octanol–water partition coefficient (Wildman–Crippen LogP) is 3.04. The number of fused-ring (bicyclic) bond motifs is 1. The third-order valence-corrected chi connectivity index (χ3v) is 3.89. The van der Waals surface area contributed by atoms with Gasteiger partial charge in [0.05, 0.1) is 0 Å². The molecule has 2 aromatic rings. The van der Waals surface area contributed by atoms with Crippen molar-refractivity contribution >= 4 is 21.8 Å². The fraction of sp³-hybridized carbons (Fsp3) is 0.200. The van der Waals surface area contributed by atoms with Crippen LogP contribution < -0.4 is 0 Å². The van der Waals surface area contributed by atoms with Gasteiger partial charge >= 0.3 is 0 Å². The molecule has 1 aromatic heterocycles. The number of hydrogen-bond acceptors (Lipinski definition) is 2. The topological polar surface area (TPSA) is 33.2 Å². The maximum Gasteiger partial charge on any atom is 0.254 e. The molecule has 0 fully saturated rings. The smallest absolute Gasteiger partial charge is 0.254 e. The average Bonchev–Trinajstić information content (AvgIpc) is 2.46. The number of pyridine rings is 1. The first kappa shape index (κ1) is 12.4. The molecule has 4 heteroatoms. The third-order valence-electron chi connectivity index (χ3n) is 3.40. The molecule has 2 heterocycles. The summed E-state index contributed by atoms with van der Waals surface area (Å²) in [5.41, 5.74) is 3.26. The first-order chi connectivity index (χ1) is 9.24. The number of amides is 1. The highest BCUT2D eigenvalue weighted by atomic mass is 79.9. The molecule has 96 valence electrons. The zero-order chi connectivity index (χ0) is 13.2. The molecule has 0 bridgehead atoms. The summed E-state index contributed by atoms with van der Waals surface area (Å²) < 4.78 is 1.06. The minimum absolute atomic E-state index is 0.0769. The lowest BCUT2D eigenvalue weighted by atomic mass is 9.99. The lowest BCUT2D eigenvalue weighted by Gasteiger charge is -2.29. The van der Waals surface area contributed by atoms with Crippen molar-refractivity contribution < 1.29 is 4.79 Å². The lowest BCUT2D eigenvalue weighted by Crippen LogP contribution is -2.35. The van der Waals surface area contributed by atoms with Crippen LogP contribution >= 0.6 is 15.9 Å². The molecule has 3 rings (SSSR count). The zero-order valence-electron chi connectivity index (χ0n) is 10.3. The van der Waals surface area contributed by atoms with Crippen molar-refractivity contribution in [3.8, 4) is 0 Å². The van der Waals surface area contributed by atoms with Crippen molar-refractivity contribution in [1.82, 2.24) is 9.88 Å². The number of carbonyl (C=O) groups is 1. The van der Waals surface area contributed by atoms with Crippen molar-refractivity contribution in [3.05, 3.63) is 63.9 Å². The van der Waals surface area contributed by atoms with Gasteiger partial charge in [0.1, 0.15) is 0 Å². The van der Waals surface area contributed by atoms with E-state index in [-0.39, 0.29) is 5.91 Å². The van der Waals surface area contributed by atoms with Crippen molar-refractivity contribution in [3.63, 3.8) is 0 Å². The minimum Gasteiger partial charge on any atom is -0.334 e. The van der Waals surface area contributed by atoms with E-state index < -0.39 is 0 Å². The number of halogens is 1. The molecule has 0 radical (unpaired) electrons. The van der Waals surface area contributed by atoms with Gasteiger partial charge in [-0.05, 0) is 41.8 Å². The standard InChI is InChI=1S/C15H13BrN2O/c16-14-2-1-11-5-8-18(10-13(11)9-14)15(19)12-3-6-17-7-4-12/h1-4,6-7,9H,5,8,10H2. The van der Waals surface area contributed by atoms with Gasteiger partial charge in [0, 0.05) is 35.5 Å². The summed E-state index contributed by atoms with van der Waals surface area (Å²) in [6.45, 7) is 1.45. The highest BCUT2D eigenvalue weighted by molar-refractivity contribution is 9.10. The van der Waals surface area contributed by atoms with Crippen LogP contribution in [0.3, 0.4) is 0 Å². The molecule has 0 atom stereocenters. The molecule has 19 heavy (non-hydrogen) atoms. The van der Waals surface area contributed by atoms with E-state index in [0.29, 0.717) is 12.1 Å². The lowest BCUT2D eigenvalue weighted by molar-refractivity contribution is 0.0734. The van der Waals surface area contributed by atoms with Gasteiger partial charge in [-0.3, -0.25) is 9.78 Å². The number of aromatic nitrogens is 1. The van der Waals surface area contributed by atoms with E-state index >= 15 is 0 Å².